The summed E-state index contributed by atoms with van der Waals surface area (Å²) >= 11 is 6.07. The van der Waals surface area contributed by atoms with Crippen LogP contribution in [0.2, 0.25) is 5.02 Å². The van der Waals surface area contributed by atoms with E-state index in [0.717, 1.165) is 6.07 Å². The summed E-state index contributed by atoms with van der Waals surface area (Å²) in [5.41, 5.74) is 4.07. The van der Waals surface area contributed by atoms with Crippen LogP contribution in [0.3, 0.4) is 0 Å². The molecule has 0 saturated carbocycles. The van der Waals surface area contributed by atoms with Gasteiger partial charge < -0.3 is 9.72 Å². The van der Waals surface area contributed by atoms with Crippen molar-refractivity contribution in [1.82, 2.24) is 15.8 Å². The van der Waals surface area contributed by atoms with Crippen LogP contribution < -0.4 is 25.9 Å². The Balaban J connectivity index is 1.79. The fraction of sp³-hybridized carbons (Fsp3) is 0.0952. The number of aromatic amines is 1. The van der Waals surface area contributed by atoms with Crippen LogP contribution in [0.5, 0.6) is 5.75 Å². The molecule has 0 aliphatic heterocycles. The quantitative estimate of drug-likeness (QED) is 0.390. The second-order valence-corrected chi connectivity index (χ2v) is 8.80. The lowest BCUT2D eigenvalue weighted by molar-refractivity contribution is 0.0845. The lowest BCUT2D eigenvalue weighted by Crippen LogP contribution is -2.43. The molecule has 2 aromatic carbocycles. The molecular weight excluding hydrogens is 472 g/mol. The summed E-state index contributed by atoms with van der Waals surface area (Å²) in [7, 11) is -2.80. The molecule has 172 valence electrons. The Labute approximate surface area is 194 Å². The molecule has 0 spiro atoms. The molecule has 1 aromatic heterocycles. The zero-order chi connectivity index (χ0) is 24.2. The van der Waals surface area contributed by atoms with Crippen molar-refractivity contribution in [2.45, 2.75) is 11.8 Å². The topological polar surface area (TPSA) is 146 Å². The first kappa shape index (κ1) is 23.8. The summed E-state index contributed by atoms with van der Waals surface area (Å²) in [4.78, 5) is 38.6. The third-order valence-corrected chi connectivity index (χ3v) is 6.27. The molecule has 1 heterocycles. The Morgan fingerprint density at radius 3 is 2.39 bits per heavy atom. The second kappa shape index (κ2) is 9.76. The van der Waals surface area contributed by atoms with Gasteiger partial charge in [0, 0.05) is 11.3 Å². The molecule has 0 saturated heterocycles. The first-order chi connectivity index (χ1) is 15.6. The average molecular weight is 491 g/mol. The maximum absolute atomic E-state index is 12.9. The summed E-state index contributed by atoms with van der Waals surface area (Å²) in [5.74, 6) is -1.37. The molecule has 2 amide bonds. The van der Waals surface area contributed by atoms with E-state index in [-0.39, 0.29) is 26.7 Å². The molecule has 0 aliphatic rings. The van der Waals surface area contributed by atoms with Crippen molar-refractivity contribution in [2.24, 2.45) is 0 Å². The van der Waals surface area contributed by atoms with Crippen molar-refractivity contribution in [2.75, 3.05) is 11.8 Å². The van der Waals surface area contributed by atoms with Crippen LogP contribution in [0.1, 0.15) is 26.4 Å². The van der Waals surface area contributed by atoms with E-state index in [0.29, 0.717) is 11.4 Å². The minimum atomic E-state index is -4.19. The van der Waals surface area contributed by atoms with Crippen molar-refractivity contribution in [1.29, 1.82) is 0 Å². The Bertz CT molecular complexity index is 1390. The monoisotopic (exact) mass is 490 g/mol. The third kappa shape index (κ3) is 5.51. The van der Waals surface area contributed by atoms with Crippen LogP contribution in [0.4, 0.5) is 5.69 Å². The maximum Gasteiger partial charge on any atom is 0.275 e. The molecular formula is C21H19ClN4O6S. The molecule has 0 unspecified atom stereocenters. The number of methoxy groups -OCH3 is 1. The molecule has 0 aliphatic carbocycles. The molecule has 4 N–H and O–H groups in total. The number of carbonyl (C=O) groups is 2. The van der Waals surface area contributed by atoms with E-state index in [2.05, 4.69) is 20.6 Å². The van der Waals surface area contributed by atoms with E-state index in [1.807, 2.05) is 0 Å². The summed E-state index contributed by atoms with van der Waals surface area (Å²) < 4.78 is 33.3. The van der Waals surface area contributed by atoms with Crippen LogP contribution in [0, 0.1) is 6.92 Å². The number of H-pyrrole nitrogens is 1. The highest BCUT2D eigenvalue weighted by molar-refractivity contribution is 7.92. The van der Waals surface area contributed by atoms with Crippen molar-refractivity contribution in [3.63, 3.8) is 0 Å². The highest BCUT2D eigenvalue weighted by Gasteiger charge is 2.22. The molecule has 3 aromatic rings. The van der Waals surface area contributed by atoms with Crippen molar-refractivity contribution in [3.8, 4) is 5.75 Å². The summed E-state index contributed by atoms with van der Waals surface area (Å²) in [6, 6.07) is 12.8. The van der Waals surface area contributed by atoms with Crippen molar-refractivity contribution < 1.29 is 22.7 Å². The van der Waals surface area contributed by atoms with Gasteiger partial charge in [0.1, 0.15) is 16.2 Å². The Hall–Kier alpha value is -3.83. The highest BCUT2D eigenvalue weighted by Crippen LogP contribution is 2.29. The largest absolute Gasteiger partial charge is 0.495 e. The Morgan fingerprint density at radius 1 is 1.00 bits per heavy atom. The zero-order valence-corrected chi connectivity index (χ0v) is 19.0. The first-order valence-corrected chi connectivity index (χ1v) is 11.2. The molecule has 3 rings (SSSR count). The van der Waals surface area contributed by atoms with Crippen molar-refractivity contribution in [3.05, 3.63) is 86.8 Å². The van der Waals surface area contributed by atoms with Crippen LogP contribution in [-0.4, -0.2) is 32.3 Å². The Morgan fingerprint density at radius 2 is 1.70 bits per heavy atom. The summed E-state index contributed by atoms with van der Waals surface area (Å²) in [6.45, 7) is 1.65. The number of para-hydroxylation sites is 2. The standard InChI is InChI=1S/C21H19ClN4O6S/c1-12-7-9-14(20(28)23-12)21(29)25-24-19(27)13-8-10-15(22)18(11-13)33(30,31)26-16-5-3-4-6-17(16)32-2/h3-11,26H,1-2H3,(H,23,28)(H,24,27)(H,25,29). The summed E-state index contributed by atoms with van der Waals surface area (Å²) in [5, 5.41) is -0.121. The van der Waals surface area contributed by atoms with Crippen LogP contribution in [0.25, 0.3) is 0 Å². The van der Waals surface area contributed by atoms with Gasteiger partial charge in [-0.1, -0.05) is 23.7 Å². The van der Waals surface area contributed by atoms with Crippen LogP contribution >= 0.6 is 11.6 Å². The highest BCUT2D eigenvalue weighted by atomic mass is 35.5. The number of hydrazine groups is 1. The normalized spacial score (nSPS) is 10.9. The number of pyridine rings is 1. The summed E-state index contributed by atoms with van der Waals surface area (Å²) in [6.07, 6.45) is 0. The van der Waals surface area contributed by atoms with E-state index in [4.69, 9.17) is 16.3 Å². The Kier molecular flexibility index (Phi) is 7.04. The fourth-order valence-electron chi connectivity index (χ4n) is 2.78. The van der Waals surface area contributed by atoms with E-state index < -0.39 is 27.4 Å². The van der Waals surface area contributed by atoms with Crippen LogP contribution in [-0.2, 0) is 10.0 Å². The lowest BCUT2D eigenvalue weighted by atomic mass is 10.2. The number of ether oxygens (including phenoxy) is 1. The van der Waals surface area contributed by atoms with Crippen molar-refractivity contribution >= 4 is 39.1 Å². The maximum atomic E-state index is 12.9. The lowest BCUT2D eigenvalue weighted by Gasteiger charge is -2.13. The number of hydrogen-bond donors (Lipinski definition) is 4. The molecule has 12 heteroatoms. The number of rotatable bonds is 6. The van der Waals surface area contributed by atoms with E-state index >= 15 is 0 Å². The minimum absolute atomic E-state index is 0.0992. The number of halogens is 1. The molecule has 33 heavy (non-hydrogen) atoms. The zero-order valence-electron chi connectivity index (χ0n) is 17.4. The molecule has 0 fully saturated rings. The van der Waals surface area contributed by atoms with Gasteiger partial charge in [0.25, 0.3) is 27.4 Å². The van der Waals surface area contributed by atoms with E-state index in [9.17, 15) is 22.8 Å². The van der Waals surface area contributed by atoms with Gasteiger partial charge in [-0.15, -0.1) is 0 Å². The minimum Gasteiger partial charge on any atom is -0.495 e. The predicted molar refractivity (Wildman–Crippen MR) is 122 cm³/mol. The number of anilines is 1. The smallest absolute Gasteiger partial charge is 0.275 e. The number of nitrogens with one attached hydrogen (secondary N) is 4. The predicted octanol–water partition coefficient (Wildman–Crippen LogP) is 2.22. The van der Waals surface area contributed by atoms with Gasteiger partial charge in [-0.3, -0.25) is 30.0 Å². The van der Waals surface area contributed by atoms with E-state index in [1.165, 1.54) is 37.4 Å². The van der Waals surface area contributed by atoms with Crippen LogP contribution in [0.15, 0.2) is 64.3 Å². The number of sulfonamides is 1. The average Bonchev–Trinajstić information content (AvgIpc) is 2.77. The number of carbonyl (C=O) groups excluding carboxylic acids is 2. The third-order valence-electron chi connectivity index (χ3n) is 4.42. The van der Waals surface area contributed by atoms with Gasteiger partial charge in [0.15, 0.2) is 0 Å². The molecule has 0 radical (unpaired) electrons. The number of hydrogen-bond acceptors (Lipinski definition) is 6. The number of aryl methyl sites for hydroxylation is 1. The van der Waals surface area contributed by atoms with Gasteiger partial charge >= 0.3 is 0 Å². The molecule has 0 atom stereocenters. The number of benzene rings is 2. The van der Waals surface area contributed by atoms with Gasteiger partial charge in [0.2, 0.25) is 0 Å². The van der Waals surface area contributed by atoms with Gasteiger partial charge in [-0.25, -0.2) is 8.42 Å². The first-order valence-electron chi connectivity index (χ1n) is 9.38. The molecule has 10 nitrogen and oxygen atoms in total. The molecule has 0 bridgehead atoms. The SMILES string of the molecule is COc1ccccc1NS(=O)(=O)c1cc(C(=O)NNC(=O)c2ccc(C)[nH]c2=O)ccc1Cl. The second-order valence-electron chi connectivity index (χ2n) is 6.74. The fourth-order valence-corrected chi connectivity index (χ4v) is 4.38. The number of aromatic nitrogens is 1. The number of amides is 2. The van der Waals surface area contributed by atoms with E-state index in [1.54, 1.807) is 25.1 Å². The van der Waals surface area contributed by atoms with Gasteiger partial charge in [-0.05, 0) is 49.4 Å². The van der Waals surface area contributed by atoms with Gasteiger partial charge in [0.05, 0.1) is 17.8 Å². The van der Waals surface area contributed by atoms with Gasteiger partial charge in [-0.2, -0.15) is 0 Å².